The average Bonchev–Trinajstić information content (AvgIpc) is 3.12. The first-order valence-electron chi connectivity index (χ1n) is 7.04. The lowest BCUT2D eigenvalue weighted by molar-refractivity contribution is -0.459. The molecule has 0 fully saturated rings. The van der Waals surface area contributed by atoms with Crippen molar-refractivity contribution in [2.24, 2.45) is 0 Å². The molecule has 1 rings (SSSR count). The van der Waals surface area contributed by atoms with Gasteiger partial charge in [0.15, 0.2) is 0 Å². The largest absolute Gasteiger partial charge is 0.460 e. The first kappa shape index (κ1) is 28.9. The molecule has 192 valence electrons. The van der Waals surface area contributed by atoms with Crippen LogP contribution in [0.25, 0.3) is 0 Å². The van der Waals surface area contributed by atoms with Crippen molar-refractivity contribution < 1.29 is 79.4 Å². The second-order valence-electron chi connectivity index (χ2n) is 5.72. The summed E-state index contributed by atoms with van der Waals surface area (Å²) in [6, 6.07) is 0. The Morgan fingerprint density at radius 2 is 1.00 bits per heavy atom. The maximum Gasteiger partial charge on any atom is 0.460 e. The van der Waals surface area contributed by atoms with Gasteiger partial charge >= 0.3 is 53.5 Å². The van der Waals surface area contributed by atoms with Crippen LogP contribution in [0.1, 0.15) is 0 Å². The Labute approximate surface area is 171 Å². The minimum Gasteiger partial charge on any atom is -0.295 e. The second-order valence-corrected chi connectivity index (χ2v) is 6.55. The summed E-state index contributed by atoms with van der Waals surface area (Å²) in [6.07, 6.45) is -7.83. The van der Waals surface area contributed by atoms with E-state index in [9.17, 15) is 79.4 Å². The minimum atomic E-state index is -8.75. The van der Waals surface area contributed by atoms with Gasteiger partial charge in [-0.2, -0.15) is 74.6 Å². The summed E-state index contributed by atoms with van der Waals surface area (Å²) in [5.41, 5.74) is 0.595. The van der Waals surface area contributed by atoms with Crippen molar-refractivity contribution in [2.75, 3.05) is 5.32 Å². The molecule has 1 aromatic heterocycles. The van der Waals surface area contributed by atoms with Crippen LogP contribution in [0.4, 0.5) is 79.8 Å². The molecule has 0 aromatic carbocycles. The van der Waals surface area contributed by atoms with Crippen molar-refractivity contribution in [1.29, 1.82) is 0 Å². The second kappa shape index (κ2) is 7.68. The van der Waals surface area contributed by atoms with Crippen molar-refractivity contribution in [3.05, 3.63) is 5.51 Å². The number of hydrogen-bond donors (Lipinski definition) is 1. The summed E-state index contributed by atoms with van der Waals surface area (Å²) in [5.74, 6) is -61.8. The predicted molar refractivity (Wildman–Crippen MR) is 69.2 cm³/mol. The van der Waals surface area contributed by atoms with Crippen LogP contribution in [0.2, 0.25) is 0 Å². The quantitative estimate of drug-likeness (QED) is 0.439. The van der Waals surface area contributed by atoms with Crippen molar-refractivity contribution >= 4 is 22.4 Å². The Balaban J connectivity index is 3.57. The topological polar surface area (TPSA) is 54.9 Å². The molecule has 0 saturated heterocycles. The number of nitrogens with one attached hydrogen (secondary N) is 1. The number of nitrogens with zero attached hydrogens (tertiary/aromatic N) is 2. The van der Waals surface area contributed by atoms with E-state index in [2.05, 4.69) is 10.2 Å². The maximum atomic E-state index is 13.5. The third kappa shape index (κ3) is 3.82. The molecule has 1 aromatic rings. The molecule has 1 heterocycles. The summed E-state index contributed by atoms with van der Waals surface area (Å²) >= 11 is 0.0266. The van der Waals surface area contributed by atoms with Gasteiger partial charge in [0.2, 0.25) is 5.13 Å². The number of amides is 1. The van der Waals surface area contributed by atoms with Crippen molar-refractivity contribution in [2.45, 2.75) is 47.6 Å². The Hall–Kier alpha value is -2.16. The standard InChI is InChI=1S/C11H2F17N3OS/c12-4(13,2(32)30-3-31-29-1-33-3)5(14,15)6(16,17)7(18,19)8(20,21)9(22,23)10(24,25)11(26,27)28/h1H,(H,30,31,32). The molecule has 0 bridgehead atoms. The maximum absolute atomic E-state index is 13.5. The predicted octanol–water partition coefficient (Wildman–Crippen LogP) is 5.49. The minimum absolute atomic E-state index is 0.0266. The van der Waals surface area contributed by atoms with E-state index in [4.69, 9.17) is 0 Å². The molecule has 0 saturated carbocycles. The highest BCUT2D eigenvalue weighted by Crippen LogP contribution is 2.63. The van der Waals surface area contributed by atoms with Gasteiger partial charge in [0.1, 0.15) is 5.51 Å². The molecule has 0 unspecified atom stereocenters. The van der Waals surface area contributed by atoms with E-state index >= 15 is 0 Å². The van der Waals surface area contributed by atoms with Crippen molar-refractivity contribution in [1.82, 2.24) is 10.2 Å². The molecule has 22 heteroatoms. The molecule has 4 nitrogen and oxygen atoms in total. The summed E-state index contributed by atoms with van der Waals surface area (Å²) in [4.78, 5) is 11.1. The van der Waals surface area contributed by atoms with Gasteiger partial charge in [0.05, 0.1) is 0 Å². The molecule has 0 radical (unpaired) electrons. The van der Waals surface area contributed by atoms with E-state index in [1.54, 1.807) is 0 Å². The summed E-state index contributed by atoms with van der Waals surface area (Å²) in [6.45, 7) is 0. The molecule has 0 aliphatic heterocycles. The average molecular weight is 547 g/mol. The Kier molecular flexibility index (Phi) is 6.72. The van der Waals surface area contributed by atoms with Crippen LogP contribution in [0, 0.1) is 0 Å². The number of carbonyl (C=O) groups is 1. The Morgan fingerprint density at radius 1 is 0.636 bits per heavy atom. The zero-order valence-electron chi connectivity index (χ0n) is 14.2. The third-order valence-corrected chi connectivity index (χ3v) is 4.19. The molecule has 0 aliphatic carbocycles. The van der Waals surface area contributed by atoms with Gasteiger partial charge in [0, 0.05) is 0 Å². The van der Waals surface area contributed by atoms with Crippen LogP contribution >= 0.6 is 11.3 Å². The number of aromatic nitrogens is 2. The van der Waals surface area contributed by atoms with Crippen LogP contribution in [0.5, 0.6) is 0 Å². The highest BCUT2D eigenvalue weighted by atomic mass is 32.1. The first-order valence-corrected chi connectivity index (χ1v) is 7.92. The lowest BCUT2D eigenvalue weighted by Crippen LogP contribution is -2.75. The monoisotopic (exact) mass is 547 g/mol. The molecule has 33 heavy (non-hydrogen) atoms. The molecular weight excluding hydrogens is 545 g/mol. The zero-order chi connectivity index (χ0) is 26.7. The normalized spacial score (nSPS) is 15.5. The van der Waals surface area contributed by atoms with Gasteiger partial charge in [-0.25, -0.2) is 0 Å². The molecule has 0 aliphatic rings. The molecular formula is C11H2F17N3OS. The molecule has 1 amide bonds. The fourth-order valence-electron chi connectivity index (χ4n) is 1.71. The van der Waals surface area contributed by atoms with E-state index < -0.39 is 58.7 Å². The van der Waals surface area contributed by atoms with Gasteiger partial charge in [-0.3, -0.25) is 10.1 Å². The molecule has 1 N–H and O–H groups in total. The SMILES string of the molecule is O=C(Nc1nncs1)C(F)(F)C(F)(F)C(F)(F)C(F)(F)C(F)(F)C(F)(F)C(F)(F)C(F)(F)F. The number of halogens is 17. The van der Waals surface area contributed by atoms with Gasteiger partial charge in [-0.05, 0) is 0 Å². The third-order valence-electron chi connectivity index (χ3n) is 3.59. The number of rotatable bonds is 8. The summed E-state index contributed by atoms with van der Waals surface area (Å²) in [5, 5.41) is 4.93. The lowest BCUT2D eigenvalue weighted by atomic mass is 9.89. The zero-order valence-corrected chi connectivity index (χ0v) is 15.0. The van der Waals surface area contributed by atoms with Crippen LogP contribution in [-0.2, 0) is 4.79 Å². The highest BCUT2D eigenvalue weighted by Gasteiger charge is 2.95. The van der Waals surface area contributed by atoms with E-state index in [1.807, 2.05) is 0 Å². The van der Waals surface area contributed by atoms with E-state index in [1.165, 1.54) is 0 Å². The van der Waals surface area contributed by atoms with Crippen molar-refractivity contribution in [3.8, 4) is 0 Å². The number of carbonyl (C=O) groups excluding carboxylic acids is 1. The van der Waals surface area contributed by atoms with Crippen LogP contribution in [0.15, 0.2) is 5.51 Å². The fraction of sp³-hybridized carbons (Fsp3) is 0.727. The number of anilines is 1. The number of alkyl halides is 17. The number of hydrogen-bond acceptors (Lipinski definition) is 4. The fourth-order valence-corrected chi connectivity index (χ4v) is 2.15. The van der Waals surface area contributed by atoms with Gasteiger partial charge in [-0.15, -0.1) is 10.2 Å². The smallest absolute Gasteiger partial charge is 0.295 e. The van der Waals surface area contributed by atoms with E-state index in [0.717, 1.165) is 0 Å². The van der Waals surface area contributed by atoms with Gasteiger partial charge in [0.25, 0.3) is 0 Å². The summed E-state index contributed by atoms with van der Waals surface area (Å²) in [7, 11) is 0. The van der Waals surface area contributed by atoms with Crippen molar-refractivity contribution in [3.63, 3.8) is 0 Å². The summed E-state index contributed by atoms with van der Waals surface area (Å²) < 4.78 is 222. The van der Waals surface area contributed by atoms with Gasteiger partial charge < -0.3 is 0 Å². The van der Waals surface area contributed by atoms with E-state index in [-0.39, 0.29) is 11.3 Å². The Bertz CT molecular complexity index is 862. The van der Waals surface area contributed by atoms with Gasteiger partial charge in [-0.1, -0.05) is 11.3 Å². The molecule has 0 atom stereocenters. The van der Waals surface area contributed by atoms with Crippen LogP contribution < -0.4 is 5.32 Å². The van der Waals surface area contributed by atoms with Crippen LogP contribution in [0.3, 0.4) is 0 Å². The lowest BCUT2D eigenvalue weighted by Gasteiger charge is -2.42. The van der Waals surface area contributed by atoms with Crippen LogP contribution in [-0.4, -0.2) is 63.7 Å². The van der Waals surface area contributed by atoms with E-state index in [0.29, 0.717) is 10.8 Å². The first-order chi connectivity index (χ1) is 14.2. The highest BCUT2D eigenvalue weighted by molar-refractivity contribution is 7.13. The Morgan fingerprint density at radius 3 is 1.33 bits per heavy atom. The molecule has 0 spiro atoms.